The van der Waals surface area contributed by atoms with E-state index in [0.29, 0.717) is 6.04 Å². The number of nitrogens with one attached hydrogen (secondary N) is 3. The van der Waals surface area contributed by atoms with Gasteiger partial charge in [-0.2, -0.15) is 0 Å². The topological polar surface area (TPSA) is 51.7 Å². The van der Waals surface area contributed by atoms with Crippen molar-refractivity contribution in [1.29, 1.82) is 0 Å². The van der Waals surface area contributed by atoms with Gasteiger partial charge in [-0.15, -0.1) is 0 Å². The largest absolute Gasteiger partial charge is 0.385 e. The van der Waals surface area contributed by atoms with Crippen molar-refractivity contribution in [1.82, 2.24) is 15.5 Å². The van der Waals surface area contributed by atoms with Crippen LogP contribution in [0.3, 0.4) is 0 Å². The van der Waals surface area contributed by atoms with E-state index in [2.05, 4.69) is 57.0 Å². The van der Waals surface area contributed by atoms with Gasteiger partial charge in [-0.1, -0.05) is 25.1 Å². The fourth-order valence-corrected chi connectivity index (χ4v) is 3.09. The quantitative estimate of drug-likeness (QED) is 0.389. The van der Waals surface area contributed by atoms with Crippen LogP contribution in [0.25, 0.3) is 0 Å². The Morgan fingerprint density at radius 1 is 1.17 bits per heavy atom. The summed E-state index contributed by atoms with van der Waals surface area (Å²) in [6.45, 7) is 7.77. The number of aliphatic imine (C=N–C) groups is 1. The zero-order chi connectivity index (χ0) is 17.0. The van der Waals surface area contributed by atoms with Crippen LogP contribution in [0.2, 0.25) is 0 Å². The first-order valence-corrected chi connectivity index (χ1v) is 9.30. The molecule has 1 aromatic rings. The molecule has 1 heterocycles. The number of anilines is 1. The molecule has 0 spiro atoms. The second-order valence-corrected chi connectivity index (χ2v) is 6.41. The molecule has 2 rings (SSSR count). The SMILES string of the molecule is CCCN1CCC(NC(=NC)NCCCNc2ccccc2)CC1. The molecular formula is C19H33N5. The second-order valence-electron chi connectivity index (χ2n) is 6.41. The first-order chi connectivity index (χ1) is 11.8. The van der Waals surface area contributed by atoms with E-state index in [0.717, 1.165) is 25.5 Å². The minimum atomic E-state index is 0.548. The van der Waals surface area contributed by atoms with Crippen molar-refractivity contribution in [2.24, 2.45) is 4.99 Å². The molecule has 0 bridgehead atoms. The molecule has 0 unspecified atom stereocenters. The highest BCUT2D eigenvalue weighted by Gasteiger charge is 2.19. The van der Waals surface area contributed by atoms with Crippen LogP contribution in [0.15, 0.2) is 35.3 Å². The highest BCUT2D eigenvalue weighted by atomic mass is 15.2. The lowest BCUT2D eigenvalue weighted by Gasteiger charge is -2.32. The second kappa shape index (κ2) is 10.9. The average molecular weight is 332 g/mol. The summed E-state index contributed by atoms with van der Waals surface area (Å²) >= 11 is 0. The van der Waals surface area contributed by atoms with E-state index in [4.69, 9.17) is 0 Å². The van der Waals surface area contributed by atoms with Crippen LogP contribution < -0.4 is 16.0 Å². The molecule has 0 saturated carbocycles. The highest BCUT2D eigenvalue weighted by molar-refractivity contribution is 5.79. The lowest BCUT2D eigenvalue weighted by atomic mass is 10.1. The highest BCUT2D eigenvalue weighted by Crippen LogP contribution is 2.10. The summed E-state index contributed by atoms with van der Waals surface area (Å²) in [6.07, 6.45) is 4.72. The maximum Gasteiger partial charge on any atom is 0.191 e. The van der Waals surface area contributed by atoms with Crippen LogP contribution in [0, 0.1) is 0 Å². The molecule has 1 aliphatic heterocycles. The summed E-state index contributed by atoms with van der Waals surface area (Å²) < 4.78 is 0. The van der Waals surface area contributed by atoms with Gasteiger partial charge in [0, 0.05) is 45.0 Å². The molecule has 5 heteroatoms. The van der Waals surface area contributed by atoms with Crippen molar-refractivity contribution in [3.63, 3.8) is 0 Å². The summed E-state index contributed by atoms with van der Waals surface area (Å²) in [5.41, 5.74) is 1.18. The Kier molecular flexibility index (Phi) is 8.46. The van der Waals surface area contributed by atoms with Crippen molar-refractivity contribution in [2.45, 2.75) is 38.6 Å². The number of piperidine rings is 1. The maximum atomic E-state index is 4.35. The Bertz CT molecular complexity index is 466. The van der Waals surface area contributed by atoms with Crippen molar-refractivity contribution in [2.75, 3.05) is 45.1 Å². The predicted molar refractivity (Wildman–Crippen MR) is 104 cm³/mol. The third kappa shape index (κ3) is 6.79. The Morgan fingerprint density at radius 3 is 2.58 bits per heavy atom. The van der Waals surface area contributed by atoms with Gasteiger partial charge in [0.15, 0.2) is 5.96 Å². The van der Waals surface area contributed by atoms with Crippen LogP contribution >= 0.6 is 0 Å². The van der Waals surface area contributed by atoms with Gasteiger partial charge in [0.2, 0.25) is 0 Å². The van der Waals surface area contributed by atoms with Gasteiger partial charge < -0.3 is 20.9 Å². The van der Waals surface area contributed by atoms with E-state index < -0.39 is 0 Å². The zero-order valence-corrected chi connectivity index (χ0v) is 15.2. The monoisotopic (exact) mass is 331 g/mol. The average Bonchev–Trinajstić information content (AvgIpc) is 2.63. The third-order valence-electron chi connectivity index (χ3n) is 4.44. The lowest BCUT2D eigenvalue weighted by molar-refractivity contribution is 0.206. The number of rotatable bonds is 8. The summed E-state index contributed by atoms with van der Waals surface area (Å²) in [4.78, 5) is 6.91. The Hall–Kier alpha value is -1.75. The molecule has 3 N–H and O–H groups in total. The molecule has 0 radical (unpaired) electrons. The normalized spacial score (nSPS) is 16.8. The number of hydrogen-bond acceptors (Lipinski definition) is 3. The minimum absolute atomic E-state index is 0.548. The minimum Gasteiger partial charge on any atom is -0.385 e. The van der Waals surface area contributed by atoms with Gasteiger partial charge in [-0.3, -0.25) is 4.99 Å². The Balaban J connectivity index is 1.57. The van der Waals surface area contributed by atoms with Crippen LogP contribution in [0.1, 0.15) is 32.6 Å². The number of guanidine groups is 1. The van der Waals surface area contributed by atoms with Crippen molar-refractivity contribution in [3.05, 3.63) is 30.3 Å². The summed E-state index contributed by atoms with van der Waals surface area (Å²) in [7, 11) is 1.85. The first-order valence-electron chi connectivity index (χ1n) is 9.30. The summed E-state index contributed by atoms with van der Waals surface area (Å²) in [5, 5.41) is 10.4. The molecule has 0 aliphatic carbocycles. The molecule has 0 aromatic heterocycles. The molecule has 1 aromatic carbocycles. The van der Waals surface area contributed by atoms with E-state index >= 15 is 0 Å². The smallest absolute Gasteiger partial charge is 0.191 e. The van der Waals surface area contributed by atoms with E-state index in [-0.39, 0.29) is 0 Å². The zero-order valence-electron chi connectivity index (χ0n) is 15.2. The van der Waals surface area contributed by atoms with E-state index in [1.807, 2.05) is 13.1 Å². The molecule has 0 atom stereocenters. The van der Waals surface area contributed by atoms with Gasteiger partial charge in [-0.25, -0.2) is 0 Å². The standard InChI is InChI=1S/C19H33N5/c1-3-14-24-15-10-18(11-16-24)23-19(20-2)22-13-7-12-21-17-8-5-4-6-9-17/h4-6,8-9,18,21H,3,7,10-16H2,1-2H3,(H2,20,22,23). The fourth-order valence-electron chi connectivity index (χ4n) is 3.09. The van der Waals surface area contributed by atoms with Gasteiger partial charge in [-0.05, 0) is 44.4 Å². The number of para-hydroxylation sites is 1. The van der Waals surface area contributed by atoms with Gasteiger partial charge >= 0.3 is 0 Å². The van der Waals surface area contributed by atoms with Crippen LogP contribution in [0.5, 0.6) is 0 Å². The molecular weight excluding hydrogens is 298 g/mol. The van der Waals surface area contributed by atoms with Crippen molar-refractivity contribution < 1.29 is 0 Å². The van der Waals surface area contributed by atoms with Gasteiger partial charge in [0.25, 0.3) is 0 Å². The molecule has 134 valence electrons. The number of hydrogen-bond donors (Lipinski definition) is 3. The Morgan fingerprint density at radius 2 is 1.92 bits per heavy atom. The van der Waals surface area contributed by atoms with E-state index in [9.17, 15) is 0 Å². The van der Waals surface area contributed by atoms with E-state index in [1.165, 1.54) is 44.6 Å². The van der Waals surface area contributed by atoms with Crippen molar-refractivity contribution >= 4 is 11.6 Å². The predicted octanol–water partition coefficient (Wildman–Crippen LogP) is 2.53. The van der Waals surface area contributed by atoms with Crippen molar-refractivity contribution in [3.8, 4) is 0 Å². The fraction of sp³-hybridized carbons (Fsp3) is 0.632. The first kappa shape index (κ1) is 18.6. The molecule has 24 heavy (non-hydrogen) atoms. The van der Waals surface area contributed by atoms with E-state index in [1.54, 1.807) is 0 Å². The number of benzene rings is 1. The van der Waals surface area contributed by atoms with Crippen LogP contribution in [-0.2, 0) is 0 Å². The lowest BCUT2D eigenvalue weighted by Crippen LogP contribution is -2.49. The summed E-state index contributed by atoms with van der Waals surface area (Å²) in [6, 6.07) is 10.9. The molecule has 5 nitrogen and oxygen atoms in total. The maximum absolute atomic E-state index is 4.35. The molecule has 0 amide bonds. The Labute approximate surface area is 146 Å². The summed E-state index contributed by atoms with van der Waals surface area (Å²) in [5.74, 6) is 0.934. The van der Waals surface area contributed by atoms with Gasteiger partial charge in [0.05, 0.1) is 0 Å². The third-order valence-corrected chi connectivity index (χ3v) is 4.44. The van der Waals surface area contributed by atoms with Crippen LogP contribution in [0.4, 0.5) is 5.69 Å². The molecule has 1 aliphatic rings. The van der Waals surface area contributed by atoms with Gasteiger partial charge in [0.1, 0.15) is 0 Å². The molecule has 1 saturated heterocycles. The van der Waals surface area contributed by atoms with Crippen LogP contribution in [-0.4, -0.2) is 56.7 Å². The molecule has 1 fully saturated rings. The number of likely N-dealkylation sites (tertiary alicyclic amines) is 1. The number of nitrogens with zero attached hydrogens (tertiary/aromatic N) is 2.